The molecule has 7 nitrogen and oxygen atoms in total. The van der Waals surface area contributed by atoms with Crippen molar-refractivity contribution in [3.05, 3.63) is 23.9 Å². The molecule has 0 bridgehead atoms. The molecule has 0 spiro atoms. The number of ether oxygens (including phenoxy) is 1. The SMILES string of the molecule is CCCN1C[C@@H](NC(=O)c2cccnc2N2CCOCC2)CC1=O. The van der Waals surface area contributed by atoms with E-state index in [-0.39, 0.29) is 17.9 Å². The summed E-state index contributed by atoms with van der Waals surface area (Å²) in [7, 11) is 0. The van der Waals surface area contributed by atoms with Crippen LogP contribution in [0.5, 0.6) is 0 Å². The smallest absolute Gasteiger partial charge is 0.255 e. The normalized spacial score (nSPS) is 21.2. The van der Waals surface area contributed by atoms with Crippen molar-refractivity contribution >= 4 is 17.6 Å². The lowest BCUT2D eigenvalue weighted by Crippen LogP contribution is -2.40. The zero-order valence-electron chi connectivity index (χ0n) is 14.0. The number of nitrogens with zero attached hydrogens (tertiary/aromatic N) is 3. The fraction of sp³-hybridized carbons (Fsp3) is 0.588. The second-order valence-electron chi connectivity index (χ2n) is 6.19. The lowest BCUT2D eigenvalue weighted by Gasteiger charge is -2.29. The van der Waals surface area contributed by atoms with Crippen molar-refractivity contribution in [2.24, 2.45) is 0 Å². The van der Waals surface area contributed by atoms with Crippen LogP contribution in [0.2, 0.25) is 0 Å². The molecular weight excluding hydrogens is 308 g/mol. The van der Waals surface area contributed by atoms with Gasteiger partial charge in [-0.3, -0.25) is 9.59 Å². The van der Waals surface area contributed by atoms with Crippen LogP contribution >= 0.6 is 0 Å². The molecule has 1 aromatic rings. The fourth-order valence-corrected chi connectivity index (χ4v) is 3.22. The first-order valence-corrected chi connectivity index (χ1v) is 8.55. The van der Waals surface area contributed by atoms with Crippen LogP contribution < -0.4 is 10.2 Å². The Morgan fingerprint density at radius 1 is 1.42 bits per heavy atom. The van der Waals surface area contributed by atoms with Gasteiger partial charge in [0.25, 0.3) is 5.91 Å². The fourth-order valence-electron chi connectivity index (χ4n) is 3.22. The summed E-state index contributed by atoms with van der Waals surface area (Å²) in [6, 6.07) is 3.42. The molecule has 1 N–H and O–H groups in total. The van der Waals surface area contributed by atoms with Crippen molar-refractivity contribution in [3.8, 4) is 0 Å². The average Bonchev–Trinajstić information content (AvgIpc) is 2.95. The van der Waals surface area contributed by atoms with Crippen LogP contribution in [-0.4, -0.2) is 67.1 Å². The molecule has 0 saturated carbocycles. The zero-order valence-corrected chi connectivity index (χ0v) is 14.0. The Labute approximate surface area is 142 Å². The number of carbonyl (C=O) groups excluding carboxylic acids is 2. The molecule has 2 amide bonds. The van der Waals surface area contributed by atoms with Crippen molar-refractivity contribution in [3.63, 3.8) is 0 Å². The van der Waals surface area contributed by atoms with E-state index in [1.807, 2.05) is 11.8 Å². The van der Waals surface area contributed by atoms with Gasteiger partial charge in [0.2, 0.25) is 5.91 Å². The second kappa shape index (κ2) is 7.61. The van der Waals surface area contributed by atoms with Gasteiger partial charge in [-0.2, -0.15) is 0 Å². The Kier molecular flexibility index (Phi) is 5.30. The molecule has 1 aromatic heterocycles. The molecule has 3 rings (SSSR count). The summed E-state index contributed by atoms with van der Waals surface area (Å²) in [6.45, 7) is 6.11. The van der Waals surface area contributed by atoms with E-state index < -0.39 is 0 Å². The molecule has 130 valence electrons. The number of anilines is 1. The highest BCUT2D eigenvalue weighted by Gasteiger charge is 2.31. The predicted molar refractivity (Wildman–Crippen MR) is 90.0 cm³/mol. The minimum Gasteiger partial charge on any atom is -0.378 e. The summed E-state index contributed by atoms with van der Waals surface area (Å²) in [6.07, 6.45) is 3.00. The van der Waals surface area contributed by atoms with Crippen LogP contribution in [0.4, 0.5) is 5.82 Å². The quantitative estimate of drug-likeness (QED) is 0.857. The highest BCUT2D eigenvalue weighted by atomic mass is 16.5. The number of morpholine rings is 1. The van der Waals surface area contributed by atoms with Crippen LogP contribution in [0.15, 0.2) is 18.3 Å². The highest BCUT2D eigenvalue weighted by Crippen LogP contribution is 2.19. The summed E-state index contributed by atoms with van der Waals surface area (Å²) < 4.78 is 5.36. The van der Waals surface area contributed by atoms with Crippen molar-refractivity contribution in [1.82, 2.24) is 15.2 Å². The van der Waals surface area contributed by atoms with Crippen molar-refractivity contribution < 1.29 is 14.3 Å². The zero-order chi connectivity index (χ0) is 16.9. The van der Waals surface area contributed by atoms with E-state index in [9.17, 15) is 9.59 Å². The number of nitrogens with one attached hydrogen (secondary N) is 1. The van der Waals surface area contributed by atoms with Crippen molar-refractivity contribution in [1.29, 1.82) is 0 Å². The largest absolute Gasteiger partial charge is 0.378 e. The Morgan fingerprint density at radius 2 is 2.21 bits per heavy atom. The number of hydrogen-bond acceptors (Lipinski definition) is 5. The molecular formula is C17H24N4O3. The summed E-state index contributed by atoms with van der Waals surface area (Å²) >= 11 is 0. The summed E-state index contributed by atoms with van der Waals surface area (Å²) in [5.41, 5.74) is 0.556. The number of rotatable bonds is 5. The van der Waals surface area contributed by atoms with E-state index in [2.05, 4.69) is 15.2 Å². The van der Waals surface area contributed by atoms with Crippen LogP contribution in [0, 0.1) is 0 Å². The Morgan fingerprint density at radius 3 is 2.96 bits per heavy atom. The molecule has 0 radical (unpaired) electrons. The number of likely N-dealkylation sites (tertiary alicyclic amines) is 1. The number of aromatic nitrogens is 1. The van der Waals surface area contributed by atoms with E-state index in [0.717, 1.165) is 26.1 Å². The first-order chi connectivity index (χ1) is 11.7. The van der Waals surface area contributed by atoms with Crippen LogP contribution in [0.1, 0.15) is 30.1 Å². The van der Waals surface area contributed by atoms with Gasteiger partial charge in [0, 0.05) is 38.8 Å². The van der Waals surface area contributed by atoms with E-state index >= 15 is 0 Å². The minimum absolute atomic E-state index is 0.113. The molecule has 0 aliphatic carbocycles. The summed E-state index contributed by atoms with van der Waals surface area (Å²) in [5, 5.41) is 2.99. The number of carbonyl (C=O) groups is 2. The standard InChI is InChI=1S/C17H24N4O3/c1-2-6-21-12-13(11-15(21)22)19-17(23)14-4-3-5-18-16(14)20-7-9-24-10-8-20/h3-5,13H,2,6-12H2,1H3,(H,19,23)/t13-/m0/s1. The third-order valence-electron chi connectivity index (χ3n) is 4.39. The summed E-state index contributed by atoms with van der Waals surface area (Å²) in [4.78, 5) is 32.9. The number of hydrogen-bond donors (Lipinski definition) is 1. The Bertz CT molecular complexity index is 601. The lowest BCUT2D eigenvalue weighted by molar-refractivity contribution is -0.127. The average molecular weight is 332 g/mol. The first-order valence-electron chi connectivity index (χ1n) is 8.55. The maximum absolute atomic E-state index is 12.7. The summed E-state index contributed by atoms with van der Waals surface area (Å²) in [5.74, 6) is 0.635. The van der Waals surface area contributed by atoms with Gasteiger partial charge in [-0.05, 0) is 18.6 Å². The van der Waals surface area contributed by atoms with Gasteiger partial charge in [-0.25, -0.2) is 4.98 Å². The second-order valence-corrected chi connectivity index (χ2v) is 6.19. The number of pyridine rings is 1. The predicted octanol–water partition coefficient (Wildman–Crippen LogP) is 0.659. The maximum atomic E-state index is 12.7. The lowest BCUT2D eigenvalue weighted by atomic mass is 10.2. The van der Waals surface area contributed by atoms with Crippen molar-refractivity contribution in [2.45, 2.75) is 25.8 Å². The number of amides is 2. The third-order valence-corrected chi connectivity index (χ3v) is 4.39. The molecule has 2 saturated heterocycles. The first kappa shape index (κ1) is 16.7. The van der Waals surface area contributed by atoms with E-state index in [4.69, 9.17) is 4.74 Å². The molecule has 2 aliphatic heterocycles. The topological polar surface area (TPSA) is 74.8 Å². The van der Waals surface area contributed by atoms with E-state index in [1.165, 1.54) is 0 Å². The van der Waals surface area contributed by atoms with Gasteiger partial charge in [-0.15, -0.1) is 0 Å². The Hall–Kier alpha value is -2.15. The molecule has 0 aromatic carbocycles. The molecule has 1 atom stereocenters. The van der Waals surface area contributed by atoms with Gasteiger partial charge in [0.05, 0.1) is 24.8 Å². The monoisotopic (exact) mass is 332 g/mol. The minimum atomic E-state index is -0.166. The van der Waals surface area contributed by atoms with Gasteiger partial charge < -0.3 is 19.9 Å². The maximum Gasteiger partial charge on any atom is 0.255 e. The van der Waals surface area contributed by atoms with Gasteiger partial charge in [-0.1, -0.05) is 6.92 Å². The molecule has 2 fully saturated rings. The molecule has 0 unspecified atom stereocenters. The van der Waals surface area contributed by atoms with Crippen LogP contribution in [-0.2, 0) is 9.53 Å². The van der Waals surface area contributed by atoms with E-state index in [0.29, 0.717) is 37.6 Å². The van der Waals surface area contributed by atoms with E-state index in [1.54, 1.807) is 18.3 Å². The molecule has 7 heteroatoms. The van der Waals surface area contributed by atoms with Crippen molar-refractivity contribution in [2.75, 3.05) is 44.3 Å². The van der Waals surface area contributed by atoms with Crippen LogP contribution in [0.3, 0.4) is 0 Å². The molecule has 3 heterocycles. The highest BCUT2D eigenvalue weighted by molar-refractivity contribution is 5.99. The van der Waals surface area contributed by atoms with Gasteiger partial charge >= 0.3 is 0 Å². The molecule has 24 heavy (non-hydrogen) atoms. The van der Waals surface area contributed by atoms with Crippen LogP contribution in [0.25, 0.3) is 0 Å². The third kappa shape index (κ3) is 3.67. The molecule has 2 aliphatic rings. The van der Waals surface area contributed by atoms with Gasteiger partial charge in [0.1, 0.15) is 5.82 Å². The Balaban J connectivity index is 1.68. The van der Waals surface area contributed by atoms with Gasteiger partial charge in [0.15, 0.2) is 0 Å².